The molecule has 5 atom stereocenters. The molecule has 29 heavy (non-hydrogen) atoms. The summed E-state index contributed by atoms with van der Waals surface area (Å²) in [6.45, 7) is 0.628. The summed E-state index contributed by atoms with van der Waals surface area (Å²) in [6, 6.07) is 14.1. The molecule has 0 amide bonds. The highest BCUT2D eigenvalue weighted by Crippen LogP contribution is 2.31. The van der Waals surface area contributed by atoms with Crippen molar-refractivity contribution >= 4 is 0 Å². The molecule has 0 saturated carbocycles. The average Bonchev–Trinajstić information content (AvgIpc) is 3.12. The lowest BCUT2D eigenvalue weighted by Gasteiger charge is -2.38. The number of para-hydroxylation sites is 1. The van der Waals surface area contributed by atoms with Gasteiger partial charge in [-0.15, -0.1) is 13.2 Å². The molecule has 4 rings (SSSR count). The molecule has 2 saturated heterocycles. The molecule has 9 heteroatoms. The number of nitrogens with one attached hydrogen (secondary N) is 1. The van der Waals surface area contributed by atoms with Gasteiger partial charge in [-0.25, -0.2) is 0 Å². The summed E-state index contributed by atoms with van der Waals surface area (Å²) < 4.78 is 57.9. The molecule has 2 heterocycles. The van der Waals surface area contributed by atoms with Gasteiger partial charge >= 0.3 is 6.36 Å². The second-order valence-electron chi connectivity index (χ2n) is 6.86. The number of alkyl halides is 3. The second kappa shape index (κ2) is 8.19. The largest absolute Gasteiger partial charge is 0.573 e. The van der Waals surface area contributed by atoms with Crippen LogP contribution >= 0.6 is 0 Å². The zero-order valence-electron chi connectivity index (χ0n) is 15.2. The lowest BCUT2D eigenvalue weighted by Crippen LogP contribution is -2.61. The van der Waals surface area contributed by atoms with Gasteiger partial charge in [-0.1, -0.05) is 30.3 Å². The van der Waals surface area contributed by atoms with Crippen molar-refractivity contribution in [3.05, 3.63) is 60.2 Å². The average molecular weight is 411 g/mol. The Hall–Kier alpha value is -2.33. The fourth-order valence-corrected chi connectivity index (χ4v) is 3.46. The first-order chi connectivity index (χ1) is 13.9. The highest BCUT2D eigenvalue weighted by atomic mass is 19.4. The standard InChI is InChI=1S/C20H20F3NO5/c21-20(22,23)29-14-8-6-12(7-9-14)10-24-16-15-11-26-19(28-15)18(17(16)25)27-13-4-2-1-3-5-13/h1-9,15-19,24-25H,10-11H2. The van der Waals surface area contributed by atoms with Crippen LogP contribution in [0.25, 0.3) is 0 Å². The Morgan fingerprint density at radius 1 is 1.03 bits per heavy atom. The Morgan fingerprint density at radius 3 is 2.45 bits per heavy atom. The number of hydrogen-bond donors (Lipinski definition) is 2. The summed E-state index contributed by atoms with van der Waals surface area (Å²) >= 11 is 0. The monoisotopic (exact) mass is 411 g/mol. The number of fused-ring (bicyclic) bond motifs is 2. The van der Waals surface area contributed by atoms with E-state index in [-0.39, 0.29) is 11.9 Å². The van der Waals surface area contributed by atoms with E-state index in [2.05, 4.69) is 10.1 Å². The van der Waals surface area contributed by atoms with Crippen molar-refractivity contribution in [2.45, 2.75) is 43.6 Å². The molecule has 156 valence electrons. The van der Waals surface area contributed by atoms with Crippen LogP contribution < -0.4 is 14.8 Å². The van der Waals surface area contributed by atoms with Gasteiger partial charge in [0.1, 0.15) is 23.7 Å². The molecule has 2 fully saturated rings. The summed E-state index contributed by atoms with van der Waals surface area (Å²) in [6.07, 6.45) is -7.34. The summed E-state index contributed by atoms with van der Waals surface area (Å²) in [5, 5.41) is 14.0. The molecule has 2 N–H and O–H groups in total. The van der Waals surface area contributed by atoms with Crippen LogP contribution in [0, 0.1) is 0 Å². The molecule has 2 aromatic carbocycles. The maximum absolute atomic E-state index is 12.3. The lowest BCUT2D eigenvalue weighted by atomic mass is 9.97. The van der Waals surface area contributed by atoms with E-state index in [0.29, 0.717) is 18.9 Å². The SMILES string of the molecule is OC1C(NCc2ccc(OC(F)(F)F)cc2)C2COC(O2)C1Oc1ccccc1. The van der Waals surface area contributed by atoms with Crippen molar-refractivity contribution in [3.63, 3.8) is 0 Å². The summed E-state index contributed by atoms with van der Waals surface area (Å²) in [5.74, 6) is 0.304. The van der Waals surface area contributed by atoms with Crippen LogP contribution in [-0.4, -0.2) is 48.7 Å². The summed E-state index contributed by atoms with van der Waals surface area (Å²) in [5.41, 5.74) is 0.730. The quantitative estimate of drug-likeness (QED) is 0.762. The highest BCUT2D eigenvalue weighted by molar-refractivity contribution is 5.27. The molecular formula is C20H20F3NO5. The maximum Gasteiger partial charge on any atom is 0.573 e. The second-order valence-corrected chi connectivity index (χ2v) is 6.86. The van der Waals surface area contributed by atoms with Crippen LogP contribution in [0.2, 0.25) is 0 Å². The smallest absolute Gasteiger partial charge is 0.482 e. The van der Waals surface area contributed by atoms with Crippen LogP contribution in [0.4, 0.5) is 13.2 Å². The Morgan fingerprint density at radius 2 is 1.76 bits per heavy atom. The maximum atomic E-state index is 12.3. The minimum Gasteiger partial charge on any atom is -0.482 e. The molecule has 5 unspecified atom stereocenters. The minimum absolute atomic E-state index is 0.286. The van der Waals surface area contributed by atoms with E-state index in [1.807, 2.05) is 18.2 Å². The van der Waals surface area contributed by atoms with Gasteiger partial charge in [0, 0.05) is 6.54 Å². The van der Waals surface area contributed by atoms with Gasteiger partial charge in [0.05, 0.1) is 12.6 Å². The first-order valence-corrected chi connectivity index (χ1v) is 9.14. The fourth-order valence-electron chi connectivity index (χ4n) is 3.46. The number of aliphatic hydroxyl groups is 1. The number of aliphatic hydroxyl groups excluding tert-OH is 1. The Bertz CT molecular complexity index is 802. The topological polar surface area (TPSA) is 69.2 Å². The molecule has 2 aliphatic heterocycles. The van der Waals surface area contributed by atoms with E-state index in [4.69, 9.17) is 14.2 Å². The predicted molar refractivity (Wildman–Crippen MR) is 95.2 cm³/mol. The Balaban J connectivity index is 1.39. The number of ether oxygens (including phenoxy) is 4. The van der Waals surface area contributed by atoms with E-state index in [0.717, 1.165) is 5.56 Å². The predicted octanol–water partition coefficient (Wildman–Crippen LogP) is 2.61. The molecule has 0 aromatic heterocycles. The number of hydrogen-bond acceptors (Lipinski definition) is 6. The molecule has 6 nitrogen and oxygen atoms in total. The Kier molecular flexibility index (Phi) is 5.64. The molecule has 0 radical (unpaired) electrons. The van der Waals surface area contributed by atoms with Gasteiger partial charge in [0.15, 0.2) is 12.4 Å². The summed E-state index contributed by atoms with van der Waals surface area (Å²) in [7, 11) is 0. The normalized spacial score (nSPS) is 28.9. The first kappa shape index (κ1) is 20.0. The van der Waals surface area contributed by atoms with Crippen molar-refractivity contribution < 1.29 is 37.2 Å². The first-order valence-electron chi connectivity index (χ1n) is 9.14. The third kappa shape index (κ3) is 4.81. The van der Waals surface area contributed by atoms with Crippen LogP contribution in [0.15, 0.2) is 54.6 Å². The molecular weight excluding hydrogens is 391 g/mol. The third-order valence-corrected chi connectivity index (χ3v) is 4.82. The Labute approximate surface area is 165 Å². The van der Waals surface area contributed by atoms with Crippen LogP contribution in [0.3, 0.4) is 0 Å². The fraction of sp³-hybridized carbons (Fsp3) is 0.400. The van der Waals surface area contributed by atoms with Crippen molar-refractivity contribution in [3.8, 4) is 11.5 Å². The zero-order chi connectivity index (χ0) is 20.4. The molecule has 2 aliphatic rings. The molecule has 0 aliphatic carbocycles. The summed E-state index contributed by atoms with van der Waals surface area (Å²) in [4.78, 5) is 0. The van der Waals surface area contributed by atoms with E-state index in [1.54, 1.807) is 12.1 Å². The highest BCUT2D eigenvalue weighted by Gasteiger charge is 2.51. The van der Waals surface area contributed by atoms with Crippen LogP contribution in [0.1, 0.15) is 5.56 Å². The van der Waals surface area contributed by atoms with Crippen LogP contribution in [0.5, 0.6) is 11.5 Å². The van der Waals surface area contributed by atoms with Crippen molar-refractivity contribution in [2.24, 2.45) is 0 Å². The van der Waals surface area contributed by atoms with Crippen LogP contribution in [-0.2, 0) is 16.0 Å². The molecule has 0 spiro atoms. The number of rotatable bonds is 6. The molecule has 2 aromatic rings. The third-order valence-electron chi connectivity index (χ3n) is 4.82. The van der Waals surface area contributed by atoms with E-state index < -0.39 is 30.9 Å². The van der Waals surface area contributed by atoms with Crippen molar-refractivity contribution in [1.29, 1.82) is 0 Å². The van der Waals surface area contributed by atoms with Gasteiger partial charge in [0.2, 0.25) is 0 Å². The van der Waals surface area contributed by atoms with E-state index in [9.17, 15) is 18.3 Å². The van der Waals surface area contributed by atoms with E-state index in [1.165, 1.54) is 24.3 Å². The molecule has 2 bridgehead atoms. The van der Waals surface area contributed by atoms with Gasteiger partial charge in [-0.3, -0.25) is 0 Å². The van der Waals surface area contributed by atoms with Gasteiger partial charge in [-0.05, 0) is 29.8 Å². The minimum atomic E-state index is -4.73. The van der Waals surface area contributed by atoms with E-state index >= 15 is 0 Å². The zero-order valence-corrected chi connectivity index (χ0v) is 15.2. The van der Waals surface area contributed by atoms with Gasteiger partial charge in [-0.2, -0.15) is 0 Å². The van der Waals surface area contributed by atoms with Gasteiger partial charge < -0.3 is 29.4 Å². The lowest BCUT2D eigenvalue weighted by molar-refractivity contribution is -0.274. The number of halogens is 3. The van der Waals surface area contributed by atoms with Crippen molar-refractivity contribution in [2.75, 3.05) is 6.61 Å². The van der Waals surface area contributed by atoms with Gasteiger partial charge in [0.25, 0.3) is 0 Å². The number of benzene rings is 2. The van der Waals surface area contributed by atoms with Crippen molar-refractivity contribution in [1.82, 2.24) is 5.32 Å².